The second-order valence-electron chi connectivity index (χ2n) is 7.49. The van der Waals surface area contributed by atoms with Gasteiger partial charge in [-0.3, -0.25) is 9.59 Å². The molecule has 33 heavy (non-hydrogen) atoms. The van der Waals surface area contributed by atoms with E-state index in [1.807, 2.05) is 36.4 Å². The Morgan fingerprint density at radius 3 is 2.33 bits per heavy atom. The second kappa shape index (κ2) is 13.1. The van der Waals surface area contributed by atoms with Crippen LogP contribution in [0.5, 0.6) is 11.5 Å². The molecule has 1 unspecified atom stereocenters. The molecule has 2 rings (SSSR count). The molecule has 0 heterocycles. The second-order valence-corrected chi connectivity index (χ2v) is 7.49. The Morgan fingerprint density at radius 2 is 1.73 bits per heavy atom. The lowest BCUT2D eigenvalue weighted by molar-refractivity contribution is -0.145. The van der Waals surface area contributed by atoms with Crippen molar-refractivity contribution < 1.29 is 34.1 Å². The number of amides is 1. The lowest BCUT2D eigenvalue weighted by atomic mass is 10.0. The number of nitrogens with one attached hydrogen (secondary N) is 2. The number of carboxylic acids is 1. The molecule has 0 aromatic heterocycles. The van der Waals surface area contributed by atoms with Gasteiger partial charge in [0, 0.05) is 6.42 Å². The third-order valence-electron chi connectivity index (χ3n) is 5.06. The molecule has 2 aromatic carbocycles. The largest absolute Gasteiger partial charge is 0.504 e. The van der Waals surface area contributed by atoms with Gasteiger partial charge in [0.05, 0.1) is 26.7 Å². The van der Waals surface area contributed by atoms with E-state index >= 15 is 0 Å². The van der Waals surface area contributed by atoms with Crippen LogP contribution in [0.4, 0.5) is 0 Å². The molecule has 178 valence electrons. The average Bonchev–Trinajstić information content (AvgIpc) is 2.80. The van der Waals surface area contributed by atoms with E-state index in [-0.39, 0.29) is 12.2 Å². The van der Waals surface area contributed by atoms with E-state index in [0.717, 1.165) is 11.1 Å². The summed E-state index contributed by atoms with van der Waals surface area (Å²) in [7, 11) is 2.70. The van der Waals surface area contributed by atoms with Crippen LogP contribution in [0.15, 0.2) is 48.5 Å². The maximum Gasteiger partial charge on any atom is 0.328 e. The van der Waals surface area contributed by atoms with Crippen LogP contribution >= 0.6 is 0 Å². The molecule has 9 nitrogen and oxygen atoms in total. The van der Waals surface area contributed by atoms with Crippen LogP contribution < -0.4 is 15.4 Å². The van der Waals surface area contributed by atoms with Gasteiger partial charge in [-0.2, -0.15) is 0 Å². The van der Waals surface area contributed by atoms with Crippen molar-refractivity contribution in [2.24, 2.45) is 0 Å². The predicted molar refractivity (Wildman–Crippen MR) is 121 cm³/mol. The van der Waals surface area contributed by atoms with Crippen LogP contribution in [0, 0.1) is 0 Å². The van der Waals surface area contributed by atoms with Gasteiger partial charge in [0.15, 0.2) is 11.5 Å². The van der Waals surface area contributed by atoms with Crippen molar-refractivity contribution in [3.63, 3.8) is 0 Å². The molecule has 2 aromatic rings. The zero-order valence-electron chi connectivity index (χ0n) is 18.7. The monoisotopic (exact) mass is 458 g/mol. The Kier molecular flexibility index (Phi) is 10.2. The first kappa shape index (κ1) is 25.7. The minimum Gasteiger partial charge on any atom is -0.504 e. The summed E-state index contributed by atoms with van der Waals surface area (Å²) in [4.78, 5) is 36.3. The minimum atomic E-state index is -1.14. The summed E-state index contributed by atoms with van der Waals surface area (Å²) in [6, 6.07) is 12.3. The number of carboxylic acid groups (broad SMARTS) is 1. The molecule has 0 aliphatic rings. The summed E-state index contributed by atoms with van der Waals surface area (Å²) in [5.74, 6) is -1.92. The van der Waals surface area contributed by atoms with E-state index in [1.54, 1.807) is 12.1 Å². The average molecular weight is 459 g/mol. The van der Waals surface area contributed by atoms with E-state index in [2.05, 4.69) is 10.6 Å². The first-order valence-electron chi connectivity index (χ1n) is 10.6. The van der Waals surface area contributed by atoms with Gasteiger partial charge in [0.1, 0.15) is 6.04 Å². The van der Waals surface area contributed by atoms with E-state index in [0.29, 0.717) is 25.1 Å². The van der Waals surface area contributed by atoms with Gasteiger partial charge >= 0.3 is 11.9 Å². The SMILES string of the molecule is COC(=O)[C@H](Cc1ccccc1)NC(=O)C(CC(=O)O)NCCCc1ccc(OC)c(O)c1. The lowest BCUT2D eigenvalue weighted by Crippen LogP contribution is -2.52. The third kappa shape index (κ3) is 8.46. The Morgan fingerprint density at radius 1 is 1.00 bits per heavy atom. The molecule has 0 spiro atoms. The number of esters is 1. The zero-order valence-corrected chi connectivity index (χ0v) is 18.7. The molecular weight excluding hydrogens is 428 g/mol. The van der Waals surface area contributed by atoms with E-state index < -0.39 is 36.4 Å². The number of rotatable bonds is 13. The highest BCUT2D eigenvalue weighted by Gasteiger charge is 2.27. The van der Waals surface area contributed by atoms with Crippen molar-refractivity contribution in [3.05, 3.63) is 59.7 Å². The van der Waals surface area contributed by atoms with E-state index in [4.69, 9.17) is 9.47 Å². The van der Waals surface area contributed by atoms with Gasteiger partial charge in [-0.25, -0.2) is 4.79 Å². The number of aryl methyl sites for hydroxylation is 1. The normalized spacial score (nSPS) is 12.4. The summed E-state index contributed by atoms with van der Waals surface area (Å²) in [6.07, 6.45) is 0.985. The summed E-state index contributed by atoms with van der Waals surface area (Å²) in [5.41, 5.74) is 1.71. The number of aromatic hydroxyl groups is 1. The fraction of sp³-hybridized carbons (Fsp3) is 0.375. The molecular formula is C24H30N2O7. The molecule has 1 amide bonds. The number of carbonyl (C=O) groups excluding carboxylic acids is 2. The number of carbonyl (C=O) groups is 3. The molecule has 0 saturated heterocycles. The van der Waals surface area contributed by atoms with Crippen LogP contribution in [0.3, 0.4) is 0 Å². The van der Waals surface area contributed by atoms with Crippen molar-refractivity contribution in [1.82, 2.24) is 10.6 Å². The first-order valence-corrected chi connectivity index (χ1v) is 10.6. The number of phenols is 1. The van der Waals surface area contributed by atoms with Gasteiger partial charge < -0.3 is 30.3 Å². The maximum atomic E-state index is 12.8. The zero-order chi connectivity index (χ0) is 24.2. The number of phenolic OH excluding ortho intramolecular Hbond substituents is 1. The molecule has 2 atom stereocenters. The standard InChI is InChI=1S/C24H30N2O7/c1-32-21-11-10-17(14-20(21)27)9-6-12-25-18(15-22(28)29)23(30)26-19(24(31)33-2)13-16-7-4-3-5-8-16/h3-5,7-8,10-11,14,18-19,25,27H,6,9,12-13,15H2,1-2H3,(H,26,30)(H,28,29)/t18?,19-/m0/s1. The van der Waals surface area contributed by atoms with E-state index in [9.17, 15) is 24.6 Å². The number of hydrogen-bond donors (Lipinski definition) is 4. The highest BCUT2D eigenvalue weighted by atomic mass is 16.5. The summed E-state index contributed by atoms with van der Waals surface area (Å²) < 4.78 is 9.82. The van der Waals surface area contributed by atoms with Gasteiger partial charge in [-0.15, -0.1) is 0 Å². The maximum absolute atomic E-state index is 12.8. The lowest BCUT2D eigenvalue weighted by Gasteiger charge is -2.21. The van der Waals surface area contributed by atoms with Gasteiger partial charge in [0.2, 0.25) is 5.91 Å². The van der Waals surface area contributed by atoms with Crippen molar-refractivity contribution in [1.29, 1.82) is 0 Å². The van der Waals surface area contributed by atoms with Gasteiger partial charge in [0.25, 0.3) is 0 Å². The quantitative estimate of drug-likeness (QED) is 0.263. The van der Waals surface area contributed by atoms with Crippen LogP contribution in [-0.2, 0) is 32.0 Å². The Labute approximate surface area is 192 Å². The number of aliphatic carboxylic acids is 1. The number of benzene rings is 2. The highest BCUT2D eigenvalue weighted by Crippen LogP contribution is 2.26. The smallest absolute Gasteiger partial charge is 0.328 e. The van der Waals surface area contributed by atoms with Gasteiger partial charge in [-0.05, 0) is 42.6 Å². The molecule has 0 aliphatic heterocycles. The van der Waals surface area contributed by atoms with Crippen LogP contribution in [0.2, 0.25) is 0 Å². The Balaban J connectivity index is 1.95. The topological polar surface area (TPSA) is 134 Å². The molecule has 0 saturated carbocycles. The number of methoxy groups -OCH3 is 2. The third-order valence-corrected chi connectivity index (χ3v) is 5.06. The number of hydrogen-bond acceptors (Lipinski definition) is 7. The van der Waals surface area contributed by atoms with Crippen LogP contribution in [0.1, 0.15) is 24.0 Å². The summed E-state index contributed by atoms with van der Waals surface area (Å²) in [6.45, 7) is 0.361. The fourth-order valence-electron chi connectivity index (χ4n) is 3.35. The molecule has 4 N–H and O–H groups in total. The molecule has 0 radical (unpaired) electrons. The summed E-state index contributed by atoms with van der Waals surface area (Å²) in [5, 5.41) is 24.7. The van der Waals surface area contributed by atoms with Crippen molar-refractivity contribution >= 4 is 17.8 Å². The summed E-state index contributed by atoms with van der Waals surface area (Å²) >= 11 is 0. The Bertz CT molecular complexity index is 934. The molecule has 0 aliphatic carbocycles. The predicted octanol–water partition coefficient (Wildman–Crippen LogP) is 1.67. The highest BCUT2D eigenvalue weighted by molar-refractivity contribution is 5.90. The molecule has 9 heteroatoms. The Hall–Kier alpha value is -3.59. The first-order chi connectivity index (χ1) is 15.8. The number of ether oxygens (including phenoxy) is 2. The molecule has 0 bridgehead atoms. The van der Waals surface area contributed by atoms with Gasteiger partial charge in [-0.1, -0.05) is 36.4 Å². The van der Waals surface area contributed by atoms with Crippen LogP contribution in [0.25, 0.3) is 0 Å². The van der Waals surface area contributed by atoms with Crippen molar-refractivity contribution in [2.75, 3.05) is 20.8 Å². The van der Waals surface area contributed by atoms with E-state index in [1.165, 1.54) is 14.2 Å². The fourth-order valence-corrected chi connectivity index (χ4v) is 3.35. The minimum absolute atomic E-state index is 0.0401. The molecule has 0 fully saturated rings. The van der Waals surface area contributed by atoms with Crippen LogP contribution in [-0.4, -0.2) is 60.9 Å². The van der Waals surface area contributed by atoms with Crippen molar-refractivity contribution in [3.8, 4) is 11.5 Å². The van der Waals surface area contributed by atoms with Crippen molar-refractivity contribution in [2.45, 2.75) is 37.8 Å².